The summed E-state index contributed by atoms with van der Waals surface area (Å²) in [5.41, 5.74) is 1.33. The number of hydrogen-bond acceptors (Lipinski definition) is 5. The van der Waals surface area contributed by atoms with E-state index >= 15 is 0 Å². The zero-order chi connectivity index (χ0) is 26.3. The Bertz CT molecular complexity index is 1540. The first-order chi connectivity index (χ1) is 16.8. The molecule has 0 aliphatic heterocycles. The molecule has 2 heterocycles. The third-order valence-electron chi connectivity index (χ3n) is 5.29. The average molecular weight is 546 g/mol. The number of carbonyl (C=O) groups is 1. The summed E-state index contributed by atoms with van der Waals surface area (Å²) >= 11 is 12.2. The topological polar surface area (TPSA) is 81.5 Å². The van der Waals surface area contributed by atoms with E-state index in [9.17, 15) is 13.2 Å². The van der Waals surface area contributed by atoms with E-state index in [0.29, 0.717) is 5.69 Å². The number of ether oxygens (including phenoxy) is 1. The molecule has 0 atom stereocenters. The number of sulfonamides is 1. The van der Waals surface area contributed by atoms with E-state index in [2.05, 4.69) is 4.98 Å². The standard InChI is InChI=1S/C26H25Cl2N3O4S/c1-17-6-5-10-29-25(17)30-11-9-18-12-21(7-8-23(18)30)31(16-24(32)35-26(2,3)4)36(33,34)22-14-19(27)13-20(28)15-22/h5-15H,16H2,1-4H3. The molecule has 0 radical (unpaired) electrons. The van der Waals surface area contributed by atoms with Crippen LogP contribution >= 0.6 is 23.2 Å². The lowest BCUT2D eigenvalue weighted by atomic mass is 10.2. The highest BCUT2D eigenvalue weighted by Gasteiger charge is 2.30. The number of anilines is 1. The highest BCUT2D eigenvalue weighted by atomic mass is 35.5. The third kappa shape index (κ3) is 5.51. The van der Waals surface area contributed by atoms with Crippen LogP contribution in [0.4, 0.5) is 5.69 Å². The van der Waals surface area contributed by atoms with E-state index in [1.165, 1.54) is 18.2 Å². The maximum absolute atomic E-state index is 13.7. The van der Waals surface area contributed by atoms with Crippen molar-refractivity contribution in [1.29, 1.82) is 0 Å². The predicted molar refractivity (Wildman–Crippen MR) is 143 cm³/mol. The molecule has 0 saturated carbocycles. The zero-order valence-electron chi connectivity index (χ0n) is 20.2. The van der Waals surface area contributed by atoms with E-state index in [4.69, 9.17) is 27.9 Å². The van der Waals surface area contributed by atoms with Crippen LogP contribution in [0.3, 0.4) is 0 Å². The molecule has 0 spiro atoms. The second-order valence-corrected chi connectivity index (χ2v) is 12.0. The molecule has 188 valence electrons. The Kier molecular flexibility index (Phi) is 7.05. The monoisotopic (exact) mass is 545 g/mol. The van der Waals surface area contributed by atoms with E-state index < -0.39 is 28.1 Å². The van der Waals surface area contributed by atoms with Crippen LogP contribution in [0.25, 0.3) is 16.7 Å². The van der Waals surface area contributed by atoms with Gasteiger partial charge in [-0.3, -0.25) is 9.10 Å². The summed E-state index contributed by atoms with van der Waals surface area (Å²) in [6.45, 7) is 6.59. The molecule has 36 heavy (non-hydrogen) atoms. The van der Waals surface area contributed by atoms with Gasteiger partial charge in [-0.15, -0.1) is 0 Å². The number of fused-ring (bicyclic) bond motifs is 1. The largest absolute Gasteiger partial charge is 0.459 e. The molecule has 0 aliphatic rings. The fourth-order valence-corrected chi connectivity index (χ4v) is 5.94. The average Bonchev–Trinajstić information content (AvgIpc) is 3.19. The number of nitrogens with zero attached hydrogens (tertiary/aromatic N) is 3. The van der Waals surface area contributed by atoms with Crippen molar-refractivity contribution in [3.8, 4) is 5.82 Å². The van der Waals surface area contributed by atoms with Crippen LogP contribution < -0.4 is 4.31 Å². The van der Waals surface area contributed by atoms with Gasteiger partial charge in [0.05, 0.1) is 16.1 Å². The van der Waals surface area contributed by atoms with Crippen molar-refractivity contribution in [3.05, 3.63) is 82.6 Å². The number of hydrogen-bond donors (Lipinski definition) is 0. The van der Waals surface area contributed by atoms with Crippen molar-refractivity contribution in [3.63, 3.8) is 0 Å². The number of aromatic nitrogens is 2. The van der Waals surface area contributed by atoms with Crippen molar-refractivity contribution in [1.82, 2.24) is 9.55 Å². The molecule has 0 saturated heterocycles. The maximum atomic E-state index is 13.7. The molecule has 0 fully saturated rings. The van der Waals surface area contributed by atoms with E-state index in [1.807, 2.05) is 35.9 Å². The highest BCUT2D eigenvalue weighted by molar-refractivity contribution is 7.92. The number of benzene rings is 2. The van der Waals surface area contributed by atoms with E-state index in [0.717, 1.165) is 26.6 Å². The Balaban J connectivity index is 1.82. The Morgan fingerprint density at radius 2 is 1.75 bits per heavy atom. The predicted octanol–water partition coefficient (Wildman–Crippen LogP) is 6.18. The SMILES string of the molecule is Cc1cccnc1-n1ccc2cc(N(CC(=O)OC(C)(C)C)S(=O)(=O)c3cc(Cl)cc(Cl)c3)ccc21. The number of halogens is 2. The molecule has 0 aliphatic carbocycles. The second-order valence-electron chi connectivity index (χ2n) is 9.28. The van der Waals surface area contributed by atoms with Crippen LogP contribution in [0.1, 0.15) is 26.3 Å². The van der Waals surface area contributed by atoms with Gasteiger partial charge in [0.25, 0.3) is 10.0 Å². The zero-order valence-corrected chi connectivity index (χ0v) is 22.5. The lowest BCUT2D eigenvalue weighted by Gasteiger charge is -2.26. The van der Waals surface area contributed by atoms with Crippen LogP contribution in [-0.4, -0.2) is 36.1 Å². The van der Waals surface area contributed by atoms with Gasteiger partial charge in [-0.05, 0) is 81.8 Å². The van der Waals surface area contributed by atoms with Gasteiger partial charge in [0.1, 0.15) is 18.0 Å². The molecule has 0 bridgehead atoms. The molecule has 0 N–H and O–H groups in total. The normalized spacial score (nSPS) is 12.1. The smallest absolute Gasteiger partial charge is 0.327 e. The van der Waals surface area contributed by atoms with Crippen LogP contribution in [-0.2, 0) is 19.6 Å². The summed E-state index contributed by atoms with van der Waals surface area (Å²) < 4.78 is 35.8. The van der Waals surface area contributed by atoms with Crippen molar-refractivity contribution >= 4 is 55.8 Å². The Morgan fingerprint density at radius 3 is 2.39 bits per heavy atom. The maximum Gasteiger partial charge on any atom is 0.327 e. The molecule has 4 rings (SSSR count). The van der Waals surface area contributed by atoms with Gasteiger partial charge >= 0.3 is 5.97 Å². The van der Waals surface area contributed by atoms with E-state index in [1.54, 1.807) is 45.2 Å². The van der Waals surface area contributed by atoms with Gasteiger partial charge in [-0.25, -0.2) is 13.4 Å². The molecule has 7 nitrogen and oxygen atoms in total. The van der Waals surface area contributed by atoms with Gasteiger partial charge < -0.3 is 9.30 Å². The third-order valence-corrected chi connectivity index (χ3v) is 7.48. The Labute approximate surface area is 220 Å². The number of rotatable bonds is 6. The van der Waals surface area contributed by atoms with Crippen LogP contribution in [0.15, 0.2) is 71.9 Å². The number of carbonyl (C=O) groups excluding carboxylic acids is 1. The summed E-state index contributed by atoms with van der Waals surface area (Å²) in [6, 6.07) is 14.9. The first kappa shape index (κ1) is 26.0. The molecule has 2 aromatic heterocycles. The minimum absolute atomic E-state index is 0.134. The Morgan fingerprint density at radius 1 is 1.06 bits per heavy atom. The molecule has 10 heteroatoms. The molecule has 0 unspecified atom stereocenters. The van der Waals surface area contributed by atoms with E-state index in [-0.39, 0.29) is 14.9 Å². The van der Waals surface area contributed by atoms with Crippen LogP contribution in [0.2, 0.25) is 10.0 Å². The lowest BCUT2D eigenvalue weighted by molar-refractivity contribution is -0.152. The second kappa shape index (κ2) is 9.76. The number of aryl methyl sites for hydroxylation is 1. The van der Waals surface area contributed by atoms with Gasteiger partial charge in [0.15, 0.2) is 0 Å². The van der Waals surface area contributed by atoms with Crippen molar-refractivity contribution in [2.24, 2.45) is 0 Å². The highest BCUT2D eigenvalue weighted by Crippen LogP contribution is 2.31. The fourth-order valence-electron chi connectivity index (χ4n) is 3.81. The lowest BCUT2D eigenvalue weighted by Crippen LogP contribution is -2.39. The van der Waals surface area contributed by atoms with Gasteiger partial charge in [0, 0.05) is 27.8 Å². The van der Waals surface area contributed by atoms with Crippen molar-refractivity contribution < 1.29 is 17.9 Å². The summed E-state index contributed by atoms with van der Waals surface area (Å²) in [5, 5.41) is 1.10. The van der Waals surface area contributed by atoms with Crippen molar-refractivity contribution in [2.75, 3.05) is 10.8 Å². The fraction of sp³-hybridized carbons (Fsp3) is 0.231. The number of pyridine rings is 1. The summed E-state index contributed by atoms with van der Waals surface area (Å²) in [5.74, 6) is 0.0769. The quantitative estimate of drug-likeness (QED) is 0.270. The summed E-state index contributed by atoms with van der Waals surface area (Å²) in [4.78, 5) is 17.1. The van der Waals surface area contributed by atoms with Crippen molar-refractivity contribution in [2.45, 2.75) is 38.2 Å². The molecular weight excluding hydrogens is 521 g/mol. The minimum Gasteiger partial charge on any atom is -0.459 e. The van der Waals surface area contributed by atoms with Crippen LogP contribution in [0.5, 0.6) is 0 Å². The summed E-state index contributed by atoms with van der Waals surface area (Å²) in [7, 11) is -4.23. The first-order valence-corrected chi connectivity index (χ1v) is 13.3. The van der Waals surface area contributed by atoms with Gasteiger partial charge in [-0.1, -0.05) is 29.3 Å². The molecule has 0 amide bonds. The molecular formula is C26H25Cl2N3O4S. The number of esters is 1. The summed E-state index contributed by atoms with van der Waals surface area (Å²) in [6.07, 6.45) is 3.58. The molecule has 2 aromatic carbocycles. The Hall–Kier alpha value is -3.07. The minimum atomic E-state index is -4.23. The first-order valence-electron chi connectivity index (χ1n) is 11.1. The molecule has 4 aromatic rings. The van der Waals surface area contributed by atoms with Gasteiger partial charge in [-0.2, -0.15) is 0 Å². The van der Waals surface area contributed by atoms with Gasteiger partial charge in [0.2, 0.25) is 0 Å². The van der Waals surface area contributed by atoms with Crippen LogP contribution in [0, 0.1) is 6.92 Å².